The van der Waals surface area contributed by atoms with Crippen molar-refractivity contribution >= 4 is 0 Å². The molecule has 0 aromatic heterocycles. The van der Waals surface area contributed by atoms with Crippen LogP contribution in [0.2, 0.25) is 0 Å². The average Bonchev–Trinajstić information content (AvgIpc) is 2.01. The number of nitriles is 1. The smallest absolute Gasteiger partial charge is 0.286 e. The number of hydrogen-bond donors (Lipinski definition) is 0. The molecule has 0 unspecified atom stereocenters. The van der Waals surface area contributed by atoms with Gasteiger partial charge in [-0.25, -0.2) is 0 Å². The number of rotatable bonds is 6. The van der Waals surface area contributed by atoms with Crippen LogP contribution in [0.4, 0.5) is 0 Å². The summed E-state index contributed by atoms with van der Waals surface area (Å²) < 4.78 is 10.4. The van der Waals surface area contributed by atoms with Crippen molar-refractivity contribution in [1.82, 2.24) is 0 Å². The molecule has 0 spiro atoms. The Balaban J connectivity index is 3.70. The Morgan fingerprint density at radius 1 is 1.00 bits per heavy atom. The lowest BCUT2D eigenvalue weighted by atomic mass is 9.93. The standard InChI is InChI=1S/C12H23NO2/c1-11(2,3)6-9-15-12(4,5)7-8-14-10-13/h6-9H2,1-5H3. The van der Waals surface area contributed by atoms with Crippen LogP contribution < -0.4 is 0 Å². The Morgan fingerprint density at radius 3 is 2.07 bits per heavy atom. The third kappa shape index (κ3) is 9.55. The molecular weight excluding hydrogens is 190 g/mol. The Labute approximate surface area is 93.4 Å². The molecule has 0 bridgehead atoms. The highest BCUT2D eigenvalue weighted by Crippen LogP contribution is 2.21. The topological polar surface area (TPSA) is 42.2 Å². The molecule has 0 rings (SSSR count). The highest BCUT2D eigenvalue weighted by atomic mass is 16.5. The third-order valence-electron chi connectivity index (χ3n) is 2.22. The summed E-state index contributed by atoms with van der Waals surface area (Å²) in [6.45, 7) is 11.8. The van der Waals surface area contributed by atoms with Crippen LogP contribution in [-0.2, 0) is 9.47 Å². The summed E-state index contributed by atoms with van der Waals surface area (Å²) in [5, 5.41) is 8.23. The molecule has 0 aliphatic heterocycles. The van der Waals surface area contributed by atoms with Crippen molar-refractivity contribution < 1.29 is 9.47 Å². The Hall–Kier alpha value is -0.750. The molecule has 0 aliphatic carbocycles. The number of ether oxygens (including phenoxy) is 2. The van der Waals surface area contributed by atoms with E-state index in [1.165, 1.54) is 0 Å². The van der Waals surface area contributed by atoms with E-state index in [4.69, 9.17) is 10.00 Å². The van der Waals surface area contributed by atoms with Gasteiger partial charge in [-0.1, -0.05) is 20.8 Å². The molecule has 15 heavy (non-hydrogen) atoms. The summed E-state index contributed by atoms with van der Waals surface area (Å²) in [5.74, 6) is 0. The lowest BCUT2D eigenvalue weighted by Gasteiger charge is -2.27. The maximum atomic E-state index is 8.23. The van der Waals surface area contributed by atoms with E-state index in [0.717, 1.165) is 19.4 Å². The SMILES string of the molecule is CC(C)(C)CCOC(C)(C)CCOC#N. The first-order chi connectivity index (χ1) is 6.77. The van der Waals surface area contributed by atoms with Gasteiger partial charge in [-0.05, 0) is 25.7 Å². The van der Waals surface area contributed by atoms with Crippen LogP contribution >= 0.6 is 0 Å². The van der Waals surface area contributed by atoms with Gasteiger partial charge in [0.2, 0.25) is 0 Å². The van der Waals surface area contributed by atoms with Crippen LogP contribution in [0.1, 0.15) is 47.5 Å². The van der Waals surface area contributed by atoms with E-state index in [2.05, 4.69) is 25.5 Å². The van der Waals surface area contributed by atoms with Gasteiger partial charge in [0.05, 0.1) is 5.60 Å². The van der Waals surface area contributed by atoms with Crippen molar-refractivity contribution in [2.24, 2.45) is 5.41 Å². The Morgan fingerprint density at radius 2 is 1.60 bits per heavy atom. The van der Waals surface area contributed by atoms with Crippen molar-refractivity contribution in [1.29, 1.82) is 5.26 Å². The fraction of sp³-hybridized carbons (Fsp3) is 0.917. The molecule has 3 heteroatoms. The fourth-order valence-corrected chi connectivity index (χ4v) is 1.05. The van der Waals surface area contributed by atoms with Gasteiger partial charge in [-0.3, -0.25) is 0 Å². The van der Waals surface area contributed by atoms with Crippen molar-refractivity contribution in [2.45, 2.75) is 53.1 Å². The van der Waals surface area contributed by atoms with E-state index < -0.39 is 0 Å². The van der Waals surface area contributed by atoms with E-state index in [9.17, 15) is 0 Å². The molecule has 0 amide bonds. The fourth-order valence-electron chi connectivity index (χ4n) is 1.05. The van der Waals surface area contributed by atoms with Crippen molar-refractivity contribution in [3.63, 3.8) is 0 Å². The minimum Gasteiger partial charge on any atom is -0.427 e. The van der Waals surface area contributed by atoms with Gasteiger partial charge >= 0.3 is 0 Å². The zero-order valence-corrected chi connectivity index (χ0v) is 10.6. The first-order valence-corrected chi connectivity index (χ1v) is 5.42. The highest BCUT2D eigenvalue weighted by molar-refractivity contribution is 4.70. The maximum Gasteiger partial charge on any atom is 0.286 e. The van der Waals surface area contributed by atoms with Gasteiger partial charge in [0.1, 0.15) is 6.61 Å². The van der Waals surface area contributed by atoms with E-state index in [1.54, 1.807) is 6.26 Å². The molecule has 0 N–H and O–H groups in total. The second-order valence-corrected chi connectivity index (χ2v) is 5.61. The van der Waals surface area contributed by atoms with E-state index >= 15 is 0 Å². The van der Waals surface area contributed by atoms with Crippen molar-refractivity contribution in [3.8, 4) is 6.26 Å². The Kier molecular flexibility index (Phi) is 5.67. The summed E-state index contributed by atoms with van der Waals surface area (Å²) in [6.07, 6.45) is 3.44. The monoisotopic (exact) mass is 213 g/mol. The zero-order chi connectivity index (χ0) is 11.9. The molecule has 3 nitrogen and oxygen atoms in total. The predicted molar refractivity (Wildman–Crippen MR) is 60.3 cm³/mol. The maximum absolute atomic E-state index is 8.23. The number of hydrogen-bond acceptors (Lipinski definition) is 3. The third-order valence-corrected chi connectivity index (χ3v) is 2.22. The van der Waals surface area contributed by atoms with Gasteiger partial charge in [-0.2, -0.15) is 5.26 Å². The van der Waals surface area contributed by atoms with Crippen LogP contribution in [0.5, 0.6) is 0 Å². The van der Waals surface area contributed by atoms with Gasteiger partial charge in [0.15, 0.2) is 0 Å². The summed E-state index contributed by atoms with van der Waals surface area (Å²) in [6, 6.07) is 0. The van der Waals surface area contributed by atoms with Gasteiger partial charge in [0, 0.05) is 13.0 Å². The largest absolute Gasteiger partial charge is 0.427 e. The van der Waals surface area contributed by atoms with Gasteiger partial charge < -0.3 is 9.47 Å². The van der Waals surface area contributed by atoms with E-state index in [-0.39, 0.29) is 5.60 Å². The molecule has 0 aliphatic rings. The first kappa shape index (κ1) is 14.2. The average molecular weight is 213 g/mol. The highest BCUT2D eigenvalue weighted by Gasteiger charge is 2.19. The second-order valence-electron chi connectivity index (χ2n) is 5.61. The van der Waals surface area contributed by atoms with Crippen LogP contribution in [-0.4, -0.2) is 18.8 Å². The van der Waals surface area contributed by atoms with E-state index in [1.807, 2.05) is 13.8 Å². The lowest BCUT2D eigenvalue weighted by Crippen LogP contribution is -2.27. The molecule has 0 heterocycles. The molecule has 0 radical (unpaired) electrons. The second kappa shape index (κ2) is 5.97. The van der Waals surface area contributed by atoms with Crippen LogP contribution in [0, 0.1) is 16.9 Å². The summed E-state index contributed by atoms with van der Waals surface area (Å²) in [7, 11) is 0. The zero-order valence-electron chi connectivity index (χ0n) is 10.6. The first-order valence-electron chi connectivity index (χ1n) is 5.42. The number of nitrogens with zero attached hydrogens (tertiary/aromatic N) is 1. The van der Waals surface area contributed by atoms with Crippen LogP contribution in [0.15, 0.2) is 0 Å². The quantitative estimate of drug-likeness (QED) is 0.503. The molecular formula is C12H23NO2. The van der Waals surface area contributed by atoms with Crippen LogP contribution in [0.3, 0.4) is 0 Å². The van der Waals surface area contributed by atoms with Crippen molar-refractivity contribution in [3.05, 3.63) is 0 Å². The molecule has 88 valence electrons. The summed E-state index contributed by atoms with van der Waals surface area (Å²) in [4.78, 5) is 0. The van der Waals surface area contributed by atoms with Gasteiger partial charge in [0.25, 0.3) is 6.26 Å². The summed E-state index contributed by atoms with van der Waals surface area (Å²) >= 11 is 0. The minimum atomic E-state index is -0.206. The predicted octanol–water partition coefficient (Wildman–Crippen LogP) is 3.11. The molecule has 0 saturated heterocycles. The molecule has 0 saturated carbocycles. The molecule has 0 aromatic rings. The molecule has 0 aromatic carbocycles. The lowest BCUT2D eigenvalue weighted by molar-refractivity contribution is -0.0413. The molecule has 0 atom stereocenters. The molecule has 0 fully saturated rings. The van der Waals surface area contributed by atoms with E-state index in [0.29, 0.717) is 12.0 Å². The van der Waals surface area contributed by atoms with Gasteiger partial charge in [-0.15, -0.1) is 0 Å². The normalized spacial score (nSPS) is 12.3. The van der Waals surface area contributed by atoms with Crippen LogP contribution in [0.25, 0.3) is 0 Å². The minimum absolute atomic E-state index is 0.206. The van der Waals surface area contributed by atoms with Crippen molar-refractivity contribution in [2.75, 3.05) is 13.2 Å². The Bertz CT molecular complexity index is 211. The summed E-state index contributed by atoms with van der Waals surface area (Å²) in [5.41, 5.74) is 0.0985.